The van der Waals surface area contributed by atoms with Crippen molar-refractivity contribution in [3.8, 4) is 0 Å². The van der Waals surface area contributed by atoms with Crippen LogP contribution in [0.4, 0.5) is 17.6 Å². The molecule has 1 aromatic heterocycles. The SMILES string of the molecule is CC(C)c1nc2c(F)c(F)c(F)c(F)c2c(=O)[nH]1. The number of aromatic nitrogens is 2. The van der Waals surface area contributed by atoms with E-state index in [1.165, 1.54) is 0 Å². The standard InChI is InChI=1S/C11H8F4N2O/c1-3(2)10-16-9-4(11(18)17-10)5(12)6(13)7(14)8(9)15/h3H,1-2H3,(H,16,17,18). The summed E-state index contributed by atoms with van der Waals surface area (Å²) in [6, 6.07) is 0. The minimum absolute atomic E-state index is 0.0665. The molecule has 0 saturated carbocycles. The van der Waals surface area contributed by atoms with Gasteiger partial charge in [0.05, 0.1) is 0 Å². The van der Waals surface area contributed by atoms with Gasteiger partial charge in [-0.2, -0.15) is 0 Å². The van der Waals surface area contributed by atoms with Crippen LogP contribution in [0, 0.1) is 23.3 Å². The van der Waals surface area contributed by atoms with Gasteiger partial charge in [-0.15, -0.1) is 0 Å². The van der Waals surface area contributed by atoms with E-state index in [9.17, 15) is 22.4 Å². The van der Waals surface area contributed by atoms with E-state index in [0.717, 1.165) is 0 Å². The number of H-pyrrole nitrogens is 1. The number of rotatable bonds is 1. The Labute approximate surface area is 98.5 Å². The van der Waals surface area contributed by atoms with Crippen LogP contribution in [0.3, 0.4) is 0 Å². The number of hydrogen-bond donors (Lipinski definition) is 1. The van der Waals surface area contributed by atoms with Gasteiger partial charge in [0.15, 0.2) is 23.3 Å². The maximum Gasteiger partial charge on any atom is 0.261 e. The van der Waals surface area contributed by atoms with Crippen LogP contribution >= 0.6 is 0 Å². The zero-order chi connectivity index (χ0) is 13.6. The predicted octanol–water partition coefficient (Wildman–Crippen LogP) is 2.60. The molecule has 0 unspecified atom stereocenters. The van der Waals surface area contributed by atoms with Crippen LogP contribution in [0.25, 0.3) is 10.9 Å². The summed E-state index contributed by atoms with van der Waals surface area (Å²) < 4.78 is 52.9. The molecule has 0 bridgehead atoms. The highest BCUT2D eigenvalue weighted by atomic mass is 19.2. The third kappa shape index (κ3) is 1.66. The smallest absolute Gasteiger partial charge is 0.261 e. The lowest BCUT2D eigenvalue weighted by Gasteiger charge is -2.07. The normalized spacial score (nSPS) is 11.5. The third-order valence-corrected chi connectivity index (χ3v) is 2.49. The Bertz CT molecular complexity index is 694. The van der Waals surface area contributed by atoms with Crippen LogP contribution in [0.2, 0.25) is 0 Å². The summed E-state index contributed by atoms with van der Waals surface area (Å²) in [5.74, 6) is -7.63. The van der Waals surface area contributed by atoms with E-state index >= 15 is 0 Å². The van der Waals surface area contributed by atoms with Gasteiger partial charge in [-0.3, -0.25) is 4.79 Å². The second kappa shape index (κ2) is 4.08. The maximum atomic E-state index is 13.5. The summed E-state index contributed by atoms with van der Waals surface area (Å²) in [4.78, 5) is 17.4. The van der Waals surface area contributed by atoms with Gasteiger partial charge in [-0.25, -0.2) is 22.5 Å². The van der Waals surface area contributed by atoms with E-state index < -0.39 is 39.7 Å². The van der Waals surface area contributed by atoms with Gasteiger partial charge in [0.2, 0.25) is 0 Å². The number of benzene rings is 1. The van der Waals surface area contributed by atoms with Gasteiger partial charge >= 0.3 is 0 Å². The molecular weight excluding hydrogens is 252 g/mol. The quantitative estimate of drug-likeness (QED) is 0.486. The molecular formula is C11H8F4N2O. The minimum atomic E-state index is -2.02. The monoisotopic (exact) mass is 260 g/mol. The largest absolute Gasteiger partial charge is 0.310 e. The molecule has 0 aliphatic heterocycles. The zero-order valence-corrected chi connectivity index (χ0v) is 9.44. The van der Waals surface area contributed by atoms with Gasteiger partial charge in [-0.05, 0) is 0 Å². The molecule has 96 valence electrons. The summed E-state index contributed by atoms with van der Waals surface area (Å²) in [6.45, 7) is 3.30. The molecule has 2 rings (SSSR count). The molecule has 0 fully saturated rings. The highest BCUT2D eigenvalue weighted by Crippen LogP contribution is 2.23. The first kappa shape index (κ1) is 12.5. The first-order valence-corrected chi connectivity index (χ1v) is 5.10. The minimum Gasteiger partial charge on any atom is -0.310 e. The molecule has 18 heavy (non-hydrogen) atoms. The average Bonchev–Trinajstić information content (AvgIpc) is 2.32. The van der Waals surface area contributed by atoms with E-state index in [-0.39, 0.29) is 11.7 Å². The van der Waals surface area contributed by atoms with Crippen LogP contribution in [0.15, 0.2) is 4.79 Å². The number of hydrogen-bond acceptors (Lipinski definition) is 2. The molecule has 7 heteroatoms. The lowest BCUT2D eigenvalue weighted by Crippen LogP contribution is -2.17. The summed E-state index contributed by atoms with van der Waals surface area (Å²) in [5.41, 5.74) is -1.85. The Morgan fingerprint density at radius 3 is 2.11 bits per heavy atom. The number of nitrogens with one attached hydrogen (secondary N) is 1. The second-order valence-electron chi connectivity index (χ2n) is 4.09. The Balaban J connectivity index is 3.02. The highest BCUT2D eigenvalue weighted by molar-refractivity contribution is 5.79. The lowest BCUT2D eigenvalue weighted by molar-refractivity contribution is 0.416. The van der Waals surface area contributed by atoms with Crippen molar-refractivity contribution in [1.82, 2.24) is 9.97 Å². The first-order valence-electron chi connectivity index (χ1n) is 5.10. The Morgan fingerprint density at radius 1 is 1.00 bits per heavy atom. The fourth-order valence-corrected chi connectivity index (χ4v) is 1.53. The Morgan fingerprint density at radius 2 is 1.56 bits per heavy atom. The highest BCUT2D eigenvalue weighted by Gasteiger charge is 2.24. The Hall–Kier alpha value is -1.92. The van der Waals surface area contributed by atoms with E-state index in [2.05, 4.69) is 9.97 Å². The van der Waals surface area contributed by atoms with Gasteiger partial charge in [-0.1, -0.05) is 13.8 Å². The number of nitrogens with zero attached hydrogens (tertiary/aromatic N) is 1. The van der Waals surface area contributed by atoms with Crippen molar-refractivity contribution < 1.29 is 17.6 Å². The van der Waals surface area contributed by atoms with E-state index in [4.69, 9.17) is 0 Å². The number of aromatic amines is 1. The molecule has 0 aliphatic carbocycles. The van der Waals surface area contributed by atoms with Crippen molar-refractivity contribution in [3.63, 3.8) is 0 Å². The molecule has 0 radical (unpaired) electrons. The molecule has 1 heterocycles. The van der Waals surface area contributed by atoms with Crippen molar-refractivity contribution >= 4 is 10.9 Å². The van der Waals surface area contributed by atoms with Crippen molar-refractivity contribution in [3.05, 3.63) is 39.4 Å². The Kier molecular flexibility index (Phi) is 2.84. The summed E-state index contributed by atoms with van der Waals surface area (Å²) in [6.07, 6.45) is 0. The van der Waals surface area contributed by atoms with Crippen LogP contribution in [-0.4, -0.2) is 9.97 Å². The molecule has 3 nitrogen and oxygen atoms in total. The van der Waals surface area contributed by atoms with Gasteiger partial charge < -0.3 is 4.98 Å². The molecule has 2 aromatic rings. The van der Waals surface area contributed by atoms with E-state index in [1.807, 2.05) is 0 Å². The topological polar surface area (TPSA) is 45.8 Å². The van der Waals surface area contributed by atoms with Gasteiger partial charge in [0.25, 0.3) is 5.56 Å². The summed E-state index contributed by atoms with van der Waals surface area (Å²) in [7, 11) is 0. The van der Waals surface area contributed by atoms with Crippen molar-refractivity contribution in [1.29, 1.82) is 0 Å². The van der Waals surface area contributed by atoms with Gasteiger partial charge in [0, 0.05) is 5.92 Å². The fourth-order valence-electron chi connectivity index (χ4n) is 1.53. The molecule has 0 aliphatic rings. The molecule has 0 spiro atoms. The van der Waals surface area contributed by atoms with Crippen molar-refractivity contribution in [2.75, 3.05) is 0 Å². The molecule has 0 atom stereocenters. The summed E-state index contributed by atoms with van der Waals surface area (Å²) in [5, 5.41) is -0.921. The van der Waals surface area contributed by atoms with E-state index in [0.29, 0.717) is 0 Å². The number of fused-ring (bicyclic) bond motifs is 1. The van der Waals surface area contributed by atoms with Crippen LogP contribution < -0.4 is 5.56 Å². The zero-order valence-electron chi connectivity index (χ0n) is 9.44. The predicted molar refractivity (Wildman–Crippen MR) is 56.3 cm³/mol. The lowest BCUT2D eigenvalue weighted by atomic mass is 10.1. The third-order valence-electron chi connectivity index (χ3n) is 2.49. The van der Waals surface area contributed by atoms with Crippen LogP contribution in [-0.2, 0) is 0 Å². The molecule has 1 N–H and O–H groups in total. The van der Waals surface area contributed by atoms with Crippen LogP contribution in [0.5, 0.6) is 0 Å². The van der Waals surface area contributed by atoms with Crippen LogP contribution in [0.1, 0.15) is 25.6 Å². The molecule has 1 aromatic carbocycles. The average molecular weight is 260 g/mol. The van der Waals surface area contributed by atoms with Crippen molar-refractivity contribution in [2.24, 2.45) is 0 Å². The molecule has 0 amide bonds. The van der Waals surface area contributed by atoms with E-state index in [1.54, 1.807) is 13.8 Å². The van der Waals surface area contributed by atoms with Crippen molar-refractivity contribution in [2.45, 2.75) is 19.8 Å². The first-order chi connectivity index (χ1) is 8.34. The maximum absolute atomic E-state index is 13.5. The second-order valence-corrected chi connectivity index (χ2v) is 4.09. The van der Waals surface area contributed by atoms with Gasteiger partial charge in [0.1, 0.15) is 16.7 Å². The number of halogens is 4. The fraction of sp³-hybridized carbons (Fsp3) is 0.273. The molecule has 0 saturated heterocycles. The summed E-state index contributed by atoms with van der Waals surface area (Å²) >= 11 is 0.